The Hall–Kier alpha value is -2.20. The van der Waals surface area contributed by atoms with Crippen molar-refractivity contribution in [3.8, 4) is 11.5 Å². The van der Waals surface area contributed by atoms with Crippen molar-refractivity contribution in [2.24, 2.45) is 0 Å². The first-order valence-electron chi connectivity index (χ1n) is 6.58. The lowest BCUT2D eigenvalue weighted by Crippen LogP contribution is -2.26. The van der Waals surface area contributed by atoms with E-state index < -0.39 is 0 Å². The molecule has 1 aliphatic rings. The van der Waals surface area contributed by atoms with Crippen molar-refractivity contribution < 1.29 is 14.3 Å². The van der Waals surface area contributed by atoms with Crippen LogP contribution in [-0.2, 0) is 0 Å². The van der Waals surface area contributed by atoms with Gasteiger partial charge < -0.3 is 14.4 Å². The van der Waals surface area contributed by atoms with Crippen LogP contribution < -0.4 is 14.4 Å². The molecule has 0 saturated heterocycles. The number of rotatable bonds is 2. The first-order valence-corrected chi connectivity index (χ1v) is 6.96. The van der Waals surface area contributed by atoms with Gasteiger partial charge in [-0.25, -0.2) is 0 Å². The summed E-state index contributed by atoms with van der Waals surface area (Å²) in [4.78, 5) is 14.0. The highest BCUT2D eigenvalue weighted by Gasteiger charge is 2.17. The van der Waals surface area contributed by atoms with Gasteiger partial charge in [-0.3, -0.25) is 4.79 Å². The standard InChI is InChI=1S/C16H14ClNO3/c1-18(16(19)11-2-4-12(17)5-3-11)13-6-7-14-15(10-13)21-9-8-20-14/h2-7,10H,8-9H2,1H3. The molecule has 0 fully saturated rings. The van der Waals surface area contributed by atoms with Gasteiger partial charge in [-0.2, -0.15) is 0 Å². The number of ether oxygens (including phenoxy) is 2. The van der Waals surface area contributed by atoms with Gasteiger partial charge in [-0.15, -0.1) is 0 Å². The number of hydrogen-bond acceptors (Lipinski definition) is 3. The number of fused-ring (bicyclic) bond motifs is 1. The lowest BCUT2D eigenvalue weighted by molar-refractivity contribution is 0.0993. The van der Waals surface area contributed by atoms with Crippen molar-refractivity contribution in [1.29, 1.82) is 0 Å². The maximum atomic E-state index is 12.4. The number of hydrogen-bond donors (Lipinski definition) is 0. The lowest BCUT2D eigenvalue weighted by atomic mass is 10.2. The molecule has 0 atom stereocenters. The van der Waals surface area contributed by atoms with Gasteiger partial charge in [-0.1, -0.05) is 11.6 Å². The second-order valence-corrected chi connectivity index (χ2v) is 5.14. The van der Waals surface area contributed by atoms with Crippen LogP contribution in [0.3, 0.4) is 0 Å². The van der Waals surface area contributed by atoms with E-state index in [9.17, 15) is 4.79 Å². The second-order valence-electron chi connectivity index (χ2n) is 4.70. The average molecular weight is 304 g/mol. The molecule has 0 aromatic heterocycles. The smallest absolute Gasteiger partial charge is 0.258 e. The van der Waals surface area contributed by atoms with Crippen molar-refractivity contribution in [1.82, 2.24) is 0 Å². The zero-order valence-corrected chi connectivity index (χ0v) is 12.3. The molecule has 4 nitrogen and oxygen atoms in total. The van der Waals surface area contributed by atoms with Crippen LogP contribution in [0, 0.1) is 0 Å². The van der Waals surface area contributed by atoms with E-state index in [0.29, 0.717) is 35.3 Å². The summed E-state index contributed by atoms with van der Waals surface area (Å²) in [5.41, 5.74) is 1.33. The highest BCUT2D eigenvalue weighted by atomic mass is 35.5. The van der Waals surface area contributed by atoms with E-state index in [1.165, 1.54) is 0 Å². The molecule has 0 unspecified atom stereocenters. The Kier molecular flexibility index (Phi) is 3.71. The number of halogens is 1. The number of amides is 1. The minimum atomic E-state index is -0.108. The van der Waals surface area contributed by atoms with Crippen molar-refractivity contribution in [2.75, 3.05) is 25.2 Å². The molecule has 1 amide bonds. The van der Waals surface area contributed by atoms with E-state index in [2.05, 4.69) is 0 Å². The van der Waals surface area contributed by atoms with E-state index >= 15 is 0 Å². The summed E-state index contributed by atoms with van der Waals surface area (Å²) in [5, 5.41) is 0.605. The molecule has 0 aliphatic carbocycles. The number of anilines is 1. The fourth-order valence-corrected chi connectivity index (χ4v) is 2.27. The fraction of sp³-hybridized carbons (Fsp3) is 0.188. The normalized spacial score (nSPS) is 12.9. The highest BCUT2D eigenvalue weighted by Crippen LogP contribution is 2.34. The molecule has 0 N–H and O–H groups in total. The van der Waals surface area contributed by atoms with Crippen molar-refractivity contribution >= 4 is 23.2 Å². The molecule has 3 rings (SSSR count). The summed E-state index contributed by atoms with van der Waals surface area (Å²) < 4.78 is 11.0. The Bertz CT molecular complexity index is 670. The zero-order valence-electron chi connectivity index (χ0n) is 11.5. The summed E-state index contributed by atoms with van der Waals surface area (Å²) in [6, 6.07) is 12.3. The zero-order chi connectivity index (χ0) is 14.8. The molecule has 108 valence electrons. The van der Waals surface area contributed by atoms with Crippen molar-refractivity contribution in [3.05, 3.63) is 53.1 Å². The third-order valence-corrected chi connectivity index (χ3v) is 3.56. The quantitative estimate of drug-likeness (QED) is 0.853. The first-order chi connectivity index (χ1) is 10.1. The maximum absolute atomic E-state index is 12.4. The van der Waals surface area contributed by atoms with Gasteiger partial charge in [0.1, 0.15) is 13.2 Å². The van der Waals surface area contributed by atoms with Crippen molar-refractivity contribution in [2.45, 2.75) is 0 Å². The molecule has 5 heteroatoms. The second kappa shape index (κ2) is 5.66. The van der Waals surface area contributed by atoms with E-state index in [0.717, 1.165) is 5.69 Å². The predicted molar refractivity (Wildman–Crippen MR) is 81.6 cm³/mol. The summed E-state index contributed by atoms with van der Waals surface area (Å²) in [7, 11) is 1.72. The topological polar surface area (TPSA) is 38.8 Å². The Labute approximate surface area is 127 Å². The van der Waals surface area contributed by atoms with E-state index in [1.807, 2.05) is 18.2 Å². The summed E-state index contributed by atoms with van der Waals surface area (Å²) in [6.45, 7) is 1.07. The summed E-state index contributed by atoms with van der Waals surface area (Å²) >= 11 is 5.84. The van der Waals surface area contributed by atoms with Gasteiger partial charge in [0.2, 0.25) is 0 Å². The largest absolute Gasteiger partial charge is 0.486 e. The van der Waals surface area contributed by atoms with E-state index in [-0.39, 0.29) is 5.91 Å². The predicted octanol–water partition coefficient (Wildman–Crippen LogP) is 3.39. The van der Waals surface area contributed by atoms with Crippen molar-refractivity contribution in [3.63, 3.8) is 0 Å². The van der Waals surface area contributed by atoms with Crippen LogP contribution in [0.2, 0.25) is 5.02 Å². The van der Waals surface area contributed by atoms with Gasteiger partial charge in [-0.05, 0) is 36.4 Å². The molecule has 0 saturated carbocycles. The fourth-order valence-electron chi connectivity index (χ4n) is 2.14. The Morgan fingerprint density at radius 2 is 1.71 bits per heavy atom. The third-order valence-electron chi connectivity index (χ3n) is 3.31. The van der Waals surface area contributed by atoms with Crippen LogP contribution >= 0.6 is 11.6 Å². The summed E-state index contributed by atoms with van der Waals surface area (Å²) in [5.74, 6) is 1.26. The van der Waals surface area contributed by atoms with Gasteiger partial charge in [0.15, 0.2) is 11.5 Å². The molecular formula is C16H14ClNO3. The van der Waals surface area contributed by atoms with Gasteiger partial charge in [0.25, 0.3) is 5.91 Å². The molecule has 0 radical (unpaired) electrons. The molecule has 21 heavy (non-hydrogen) atoms. The van der Waals surface area contributed by atoms with Crippen LogP contribution in [0.15, 0.2) is 42.5 Å². The minimum Gasteiger partial charge on any atom is -0.486 e. The van der Waals surface area contributed by atoms with E-state index in [4.69, 9.17) is 21.1 Å². The molecule has 0 spiro atoms. The van der Waals surface area contributed by atoms with E-state index in [1.54, 1.807) is 36.2 Å². The number of carbonyl (C=O) groups is 1. The molecule has 2 aromatic carbocycles. The van der Waals surface area contributed by atoms with Gasteiger partial charge in [0.05, 0.1) is 0 Å². The van der Waals surface area contributed by atoms with Crippen LogP contribution in [0.25, 0.3) is 0 Å². The van der Waals surface area contributed by atoms with Crippen LogP contribution in [0.4, 0.5) is 5.69 Å². The highest BCUT2D eigenvalue weighted by molar-refractivity contribution is 6.30. The number of carbonyl (C=O) groups excluding carboxylic acids is 1. The first kappa shape index (κ1) is 13.8. The Morgan fingerprint density at radius 3 is 2.43 bits per heavy atom. The molecule has 2 aromatic rings. The minimum absolute atomic E-state index is 0.108. The number of nitrogens with zero attached hydrogens (tertiary/aromatic N) is 1. The lowest BCUT2D eigenvalue weighted by Gasteiger charge is -2.22. The van der Waals surface area contributed by atoms with Gasteiger partial charge >= 0.3 is 0 Å². The average Bonchev–Trinajstić information content (AvgIpc) is 2.54. The van der Waals surface area contributed by atoms with Crippen LogP contribution in [-0.4, -0.2) is 26.2 Å². The molecule has 1 aliphatic heterocycles. The summed E-state index contributed by atoms with van der Waals surface area (Å²) in [6.07, 6.45) is 0. The van der Waals surface area contributed by atoms with Gasteiger partial charge in [0, 0.05) is 29.4 Å². The van der Waals surface area contributed by atoms with Crippen LogP contribution in [0.1, 0.15) is 10.4 Å². The number of benzene rings is 2. The Morgan fingerprint density at radius 1 is 1.05 bits per heavy atom. The monoisotopic (exact) mass is 303 g/mol. The molecule has 1 heterocycles. The maximum Gasteiger partial charge on any atom is 0.258 e. The molecule has 0 bridgehead atoms. The third kappa shape index (κ3) is 2.81. The molecular weight excluding hydrogens is 290 g/mol. The SMILES string of the molecule is CN(C(=O)c1ccc(Cl)cc1)c1ccc2c(c1)OCCO2. The van der Waals surface area contributed by atoms with Crippen LogP contribution in [0.5, 0.6) is 11.5 Å². The Balaban J connectivity index is 1.85.